The third kappa shape index (κ3) is 3.38. The summed E-state index contributed by atoms with van der Waals surface area (Å²) in [6.45, 7) is 1.69. The average Bonchev–Trinajstić information content (AvgIpc) is 2.55. The van der Waals surface area contributed by atoms with Crippen LogP contribution in [0.25, 0.3) is 10.9 Å². The van der Waals surface area contributed by atoms with E-state index in [1.807, 2.05) is 24.4 Å². The molecule has 0 fully saturated rings. The first-order chi connectivity index (χ1) is 10.3. The first-order valence-corrected chi connectivity index (χ1v) is 7.02. The molecule has 0 bridgehead atoms. The van der Waals surface area contributed by atoms with Crippen molar-refractivity contribution in [3.05, 3.63) is 71.9 Å². The van der Waals surface area contributed by atoms with Gasteiger partial charge in [0.15, 0.2) is 0 Å². The van der Waals surface area contributed by atoms with Crippen LogP contribution in [0.15, 0.2) is 60.8 Å². The number of methoxy groups -OCH3 is 1. The summed E-state index contributed by atoms with van der Waals surface area (Å²) in [5.74, 6) is 0.890. The maximum atomic E-state index is 5.16. The quantitative estimate of drug-likeness (QED) is 0.775. The highest BCUT2D eigenvalue weighted by atomic mass is 16.5. The Labute approximate surface area is 124 Å². The van der Waals surface area contributed by atoms with Crippen LogP contribution in [0.2, 0.25) is 0 Å². The first kappa shape index (κ1) is 13.6. The fourth-order valence-corrected chi connectivity index (χ4v) is 2.33. The largest absolute Gasteiger partial charge is 0.497 e. The molecule has 1 aromatic heterocycles. The van der Waals surface area contributed by atoms with Gasteiger partial charge < -0.3 is 10.1 Å². The zero-order valence-electron chi connectivity index (χ0n) is 12.0. The summed E-state index contributed by atoms with van der Waals surface area (Å²) in [6, 6.07) is 18.6. The smallest absolute Gasteiger partial charge is 0.118 e. The highest BCUT2D eigenvalue weighted by molar-refractivity contribution is 5.78. The van der Waals surface area contributed by atoms with E-state index in [9.17, 15) is 0 Å². The van der Waals surface area contributed by atoms with Gasteiger partial charge in [-0.25, -0.2) is 0 Å². The minimum absolute atomic E-state index is 0.842. The SMILES string of the molecule is COc1ccc(CNCc2ccc3ncccc3c2)cc1. The molecule has 21 heavy (non-hydrogen) atoms. The van der Waals surface area contributed by atoms with Crippen LogP contribution in [-0.4, -0.2) is 12.1 Å². The number of fused-ring (bicyclic) bond motifs is 1. The molecule has 1 N–H and O–H groups in total. The van der Waals surface area contributed by atoms with Crippen LogP contribution in [0, 0.1) is 0 Å². The van der Waals surface area contributed by atoms with Crippen molar-refractivity contribution < 1.29 is 4.74 Å². The lowest BCUT2D eigenvalue weighted by molar-refractivity contribution is 0.414. The number of hydrogen-bond donors (Lipinski definition) is 1. The van der Waals surface area contributed by atoms with Crippen LogP contribution < -0.4 is 10.1 Å². The minimum Gasteiger partial charge on any atom is -0.497 e. The fraction of sp³-hybridized carbons (Fsp3) is 0.167. The molecule has 0 saturated carbocycles. The Morgan fingerprint density at radius 3 is 2.52 bits per heavy atom. The zero-order chi connectivity index (χ0) is 14.5. The molecule has 3 heteroatoms. The van der Waals surface area contributed by atoms with Gasteiger partial charge in [-0.2, -0.15) is 0 Å². The van der Waals surface area contributed by atoms with E-state index in [2.05, 4.69) is 46.7 Å². The van der Waals surface area contributed by atoms with Gasteiger partial charge in [0.05, 0.1) is 12.6 Å². The molecule has 106 valence electrons. The molecule has 0 spiro atoms. The van der Waals surface area contributed by atoms with E-state index in [-0.39, 0.29) is 0 Å². The standard InChI is InChI=1S/C18H18N2O/c1-21-17-7-4-14(5-8-17)12-19-13-15-6-9-18-16(11-15)3-2-10-20-18/h2-11,19H,12-13H2,1H3. The number of benzene rings is 2. The number of nitrogens with one attached hydrogen (secondary N) is 1. The minimum atomic E-state index is 0.842. The molecule has 0 aliphatic rings. The maximum absolute atomic E-state index is 5.16. The Morgan fingerprint density at radius 1 is 0.952 bits per heavy atom. The molecule has 0 aliphatic carbocycles. The third-order valence-corrected chi connectivity index (χ3v) is 3.48. The number of rotatable bonds is 5. The average molecular weight is 278 g/mol. The van der Waals surface area contributed by atoms with Crippen molar-refractivity contribution in [3.8, 4) is 5.75 Å². The van der Waals surface area contributed by atoms with Gasteiger partial charge in [-0.05, 0) is 41.5 Å². The molecule has 1 heterocycles. The number of hydrogen-bond acceptors (Lipinski definition) is 3. The molecular formula is C18H18N2O. The summed E-state index contributed by atoms with van der Waals surface area (Å²) in [6.07, 6.45) is 1.82. The predicted molar refractivity (Wildman–Crippen MR) is 85.3 cm³/mol. The van der Waals surface area contributed by atoms with Gasteiger partial charge in [-0.3, -0.25) is 4.98 Å². The number of nitrogens with zero attached hydrogens (tertiary/aromatic N) is 1. The third-order valence-electron chi connectivity index (χ3n) is 3.48. The van der Waals surface area contributed by atoms with Gasteiger partial charge in [-0.15, -0.1) is 0 Å². The Balaban J connectivity index is 1.60. The highest BCUT2D eigenvalue weighted by Crippen LogP contribution is 2.14. The van der Waals surface area contributed by atoms with Crippen molar-refractivity contribution in [3.63, 3.8) is 0 Å². The lowest BCUT2D eigenvalue weighted by Crippen LogP contribution is -2.12. The summed E-state index contributed by atoms with van der Waals surface area (Å²) in [7, 11) is 1.68. The monoisotopic (exact) mass is 278 g/mol. The molecule has 2 aromatic carbocycles. The normalized spacial score (nSPS) is 10.7. The zero-order valence-corrected chi connectivity index (χ0v) is 12.0. The Hall–Kier alpha value is -2.39. The lowest BCUT2D eigenvalue weighted by atomic mass is 10.1. The summed E-state index contributed by atoms with van der Waals surface area (Å²) in [4.78, 5) is 4.33. The molecule has 0 unspecified atom stereocenters. The van der Waals surface area contributed by atoms with Gasteiger partial charge in [-0.1, -0.05) is 24.3 Å². The van der Waals surface area contributed by atoms with E-state index in [0.717, 1.165) is 24.4 Å². The number of pyridine rings is 1. The summed E-state index contributed by atoms with van der Waals surface area (Å²) < 4.78 is 5.16. The van der Waals surface area contributed by atoms with E-state index in [4.69, 9.17) is 4.74 Å². The second-order valence-corrected chi connectivity index (χ2v) is 4.98. The maximum Gasteiger partial charge on any atom is 0.118 e. The van der Waals surface area contributed by atoms with Gasteiger partial charge >= 0.3 is 0 Å². The van der Waals surface area contributed by atoms with E-state index in [1.165, 1.54) is 16.5 Å². The van der Waals surface area contributed by atoms with Crippen molar-refractivity contribution in [1.82, 2.24) is 10.3 Å². The van der Waals surface area contributed by atoms with Crippen molar-refractivity contribution >= 4 is 10.9 Å². The Morgan fingerprint density at radius 2 is 1.71 bits per heavy atom. The van der Waals surface area contributed by atoms with Crippen LogP contribution in [0.1, 0.15) is 11.1 Å². The van der Waals surface area contributed by atoms with Gasteiger partial charge in [0.25, 0.3) is 0 Å². The topological polar surface area (TPSA) is 34.1 Å². The predicted octanol–water partition coefficient (Wildman–Crippen LogP) is 3.53. The molecule has 0 atom stereocenters. The molecule has 0 saturated heterocycles. The summed E-state index contributed by atoms with van der Waals surface area (Å²) >= 11 is 0. The van der Waals surface area contributed by atoms with Gasteiger partial charge in [0.2, 0.25) is 0 Å². The van der Waals surface area contributed by atoms with Crippen molar-refractivity contribution in [2.24, 2.45) is 0 Å². The number of aromatic nitrogens is 1. The molecule has 0 aliphatic heterocycles. The fourth-order valence-electron chi connectivity index (χ4n) is 2.33. The molecule has 3 rings (SSSR count). The van der Waals surface area contributed by atoms with Crippen molar-refractivity contribution in [2.45, 2.75) is 13.1 Å². The Bertz CT molecular complexity index is 723. The van der Waals surface area contributed by atoms with Crippen LogP contribution in [0.3, 0.4) is 0 Å². The van der Waals surface area contributed by atoms with E-state index < -0.39 is 0 Å². The van der Waals surface area contributed by atoms with Crippen LogP contribution in [0.5, 0.6) is 5.75 Å². The Kier molecular flexibility index (Phi) is 4.12. The van der Waals surface area contributed by atoms with Crippen molar-refractivity contribution in [1.29, 1.82) is 0 Å². The highest BCUT2D eigenvalue weighted by Gasteiger charge is 1.98. The van der Waals surface area contributed by atoms with Gasteiger partial charge in [0, 0.05) is 24.7 Å². The second-order valence-electron chi connectivity index (χ2n) is 4.98. The van der Waals surface area contributed by atoms with Crippen molar-refractivity contribution in [2.75, 3.05) is 7.11 Å². The number of ether oxygens (including phenoxy) is 1. The van der Waals surface area contributed by atoms with Gasteiger partial charge in [0.1, 0.15) is 5.75 Å². The molecule has 0 amide bonds. The van der Waals surface area contributed by atoms with Crippen LogP contribution in [0.4, 0.5) is 0 Å². The summed E-state index contributed by atoms with van der Waals surface area (Å²) in [5.41, 5.74) is 3.55. The second kappa shape index (κ2) is 6.37. The van der Waals surface area contributed by atoms with E-state index in [0.29, 0.717) is 0 Å². The van der Waals surface area contributed by atoms with E-state index in [1.54, 1.807) is 7.11 Å². The molecule has 0 radical (unpaired) electrons. The molecule has 3 aromatic rings. The molecule has 3 nitrogen and oxygen atoms in total. The lowest BCUT2D eigenvalue weighted by Gasteiger charge is -2.07. The first-order valence-electron chi connectivity index (χ1n) is 7.02. The van der Waals surface area contributed by atoms with Crippen LogP contribution >= 0.6 is 0 Å². The summed E-state index contributed by atoms with van der Waals surface area (Å²) in [5, 5.41) is 4.64. The molecular weight excluding hydrogens is 260 g/mol. The van der Waals surface area contributed by atoms with E-state index >= 15 is 0 Å². The van der Waals surface area contributed by atoms with Crippen LogP contribution in [-0.2, 0) is 13.1 Å².